The van der Waals surface area contributed by atoms with Crippen LogP contribution < -0.4 is 16.0 Å². The van der Waals surface area contributed by atoms with E-state index < -0.39 is 11.6 Å². The van der Waals surface area contributed by atoms with Gasteiger partial charge in [-0.3, -0.25) is 10.1 Å². The molecule has 106 valence electrons. The Kier molecular flexibility index (Phi) is 3.92. The van der Waals surface area contributed by atoms with Crippen molar-refractivity contribution in [2.45, 2.75) is 38.1 Å². The lowest BCUT2D eigenvalue weighted by Gasteiger charge is -2.36. The maximum Gasteiger partial charge on any atom is 0.322 e. The number of urea groups is 2. The van der Waals surface area contributed by atoms with Crippen molar-refractivity contribution in [2.24, 2.45) is 0 Å². The number of imide groups is 1. The van der Waals surface area contributed by atoms with Crippen LogP contribution in [0.5, 0.6) is 0 Å². The first-order valence-electron chi connectivity index (χ1n) is 6.74. The summed E-state index contributed by atoms with van der Waals surface area (Å²) in [6.45, 7) is 3.70. The Morgan fingerprint density at radius 2 is 2.05 bits per heavy atom. The molecule has 2 aliphatic rings. The zero-order valence-corrected chi connectivity index (χ0v) is 11.1. The third kappa shape index (κ3) is 2.80. The van der Waals surface area contributed by atoms with E-state index in [-0.39, 0.29) is 11.9 Å². The van der Waals surface area contributed by atoms with Gasteiger partial charge in [-0.15, -0.1) is 0 Å². The normalized spacial score (nSPS) is 21.2. The van der Waals surface area contributed by atoms with Gasteiger partial charge in [-0.05, 0) is 19.3 Å². The molecule has 0 saturated carbocycles. The van der Waals surface area contributed by atoms with Crippen molar-refractivity contribution in [1.82, 2.24) is 20.9 Å². The molecule has 5 amide bonds. The second-order valence-corrected chi connectivity index (χ2v) is 5.06. The number of piperidine rings is 1. The van der Waals surface area contributed by atoms with Gasteiger partial charge < -0.3 is 15.5 Å². The molecule has 0 atom stereocenters. The molecule has 2 saturated heterocycles. The summed E-state index contributed by atoms with van der Waals surface area (Å²) in [5, 5.41) is 7.78. The molecular formula is C12H20N4O3. The smallest absolute Gasteiger partial charge is 0.322 e. The van der Waals surface area contributed by atoms with Gasteiger partial charge in [-0.2, -0.15) is 0 Å². The van der Waals surface area contributed by atoms with E-state index in [1.165, 1.54) is 0 Å². The highest BCUT2D eigenvalue weighted by Gasteiger charge is 2.48. The Morgan fingerprint density at radius 1 is 1.37 bits per heavy atom. The number of amides is 5. The first kappa shape index (κ1) is 13.6. The highest BCUT2D eigenvalue weighted by atomic mass is 16.2. The Hall–Kier alpha value is -1.79. The minimum absolute atomic E-state index is 0.0898. The van der Waals surface area contributed by atoms with Crippen LogP contribution in [-0.4, -0.2) is 48.0 Å². The average Bonchev–Trinajstić information content (AvgIpc) is 2.65. The van der Waals surface area contributed by atoms with Gasteiger partial charge in [0.2, 0.25) is 0 Å². The quantitative estimate of drug-likeness (QED) is 0.503. The van der Waals surface area contributed by atoms with Crippen LogP contribution in [0.3, 0.4) is 0 Å². The molecule has 2 rings (SSSR count). The molecule has 7 nitrogen and oxygen atoms in total. The first-order chi connectivity index (χ1) is 9.07. The third-order valence-electron chi connectivity index (χ3n) is 3.73. The van der Waals surface area contributed by atoms with Crippen LogP contribution in [0.2, 0.25) is 0 Å². The van der Waals surface area contributed by atoms with E-state index in [0.29, 0.717) is 32.5 Å². The summed E-state index contributed by atoms with van der Waals surface area (Å²) < 4.78 is 0. The predicted molar refractivity (Wildman–Crippen MR) is 68.5 cm³/mol. The van der Waals surface area contributed by atoms with Gasteiger partial charge in [0.15, 0.2) is 0 Å². The van der Waals surface area contributed by atoms with E-state index in [1.807, 2.05) is 0 Å². The van der Waals surface area contributed by atoms with Gasteiger partial charge in [0.05, 0.1) is 0 Å². The second kappa shape index (κ2) is 5.46. The fraction of sp³-hybridized carbons (Fsp3) is 0.750. The van der Waals surface area contributed by atoms with E-state index in [9.17, 15) is 14.4 Å². The number of hydrogen-bond donors (Lipinski definition) is 3. The van der Waals surface area contributed by atoms with Crippen LogP contribution in [0.1, 0.15) is 32.6 Å². The van der Waals surface area contributed by atoms with Crippen molar-refractivity contribution in [3.05, 3.63) is 0 Å². The van der Waals surface area contributed by atoms with Gasteiger partial charge in [-0.25, -0.2) is 9.59 Å². The SMILES string of the molecule is CCCCNC(=O)N1CCC2(CC1)NC(=O)NC2=O. The van der Waals surface area contributed by atoms with Gasteiger partial charge in [0.25, 0.3) is 5.91 Å². The lowest BCUT2D eigenvalue weighted by Crippen LogP contribution is -2.57. The summed E-state index contributed by atoms with van der Waals surface area (Å²) in [5.74, 6) is -0.274. The second-order valence-electron chi connectivity index (χ2n) is 5.06. The number of nitrogens with one attached hydrogen (secondary N) is 3. The van der Waals surface area contributed by atoms with E-state index in [1.54, 1.807) is 4.90 Å². The molecule has 2 fully saturated rings. The maximum absolute atomic E-state index is 11.8. The Balaban J connectivity index is 1.84. The zero-order valence-electron chi connectivity index (χ0n) is 11.1. The molecule has 0 unspecified atom stereocenters. The monoisotopic (exact) mass is 268 g/mol. The molecule has 3 N–H and O–H groups in total. The molecule has 1 spiro atoms. The Bertz CT molecular complexity index is 388. The molecule has 0 aromatic carbocycles. The molecule has 2 heterocycles. The fourth-order valence-electron chi connectivity index (χ4n) is 2.46. The van der Waals surface area contributed by atoms with Gasteiger partial charge >= 0.3 is 12.1 Å². The number of carbonyl (C=O) groups excluding carboxylic acids is 3. The van der Waals surface area contributed by atoms with Gasteiger partial charge in [-0.1, -0.05) is 13.3 Å². The number of nitrogens with zero attached hydrogens (tertiary/aromatic N) is 1. The topological polar surface area (TPSA) is 90.5 Å². The summed E-state index contributed by atoms with van der Waals surface area (Å²) in [4.78, 5) is 36.5. The van der Waals surface area contributed by atoms with Crippen molar-refractivity contribution in [2.75, 3.05) is 19.6 Å². The molecule has 7 heteroatoms. The third-order valence-corrected chi connectivity index (χ3v) is 3.73. The molecule has 0 bridgehead atoms. The maximum atomic E-state index is 11.8. The lowest BCUT2D eigenvalue weighted by atomic mass is 9.88. The van der Waals surface area contributed by atoms with Crippen LogP contribution in [0.25, 0.3) is 0 Å². The van der Waals surface area contributed by atoms with Crippen LogP contribution in [0.4, 0.5) is 9.59 Å². The molecule has 0 aromatic heterocycles. The van der Waals surface area contributed by atoms with Gasteiger partial charge in [0.1, 0.15) is 5.54 Å². The zero-order chi connectivity index (χ0) is 13.9. The first-order valence-corrected chi connectivity index (χ1v) is 6.74. The Morgan fingerprint density at radius 3 is 2.58 bits per heavy atom. The van der Waals surface area contributed by atoms with Crippen LogP contribution in [0, 0.1) is 0 Å². The molecular weight excluding hydrogens is 248 g/mol. The van der Waals surface area contributed by atoms with E-state index in [0.717, 1.165) is 12.8 Å². The number of unbranched alkanes of at least 4 members (excludes halogenated alkanes) is 1. The van der Waals surface area contributed by atoms with Crippen LogP contribution in [-0.2, 0) is 4.79 Å². The Labute approximate surface area is 112 Å². The van der Waals surface area contributed by atoms with Crippen LogP contribution >= 0.6 is 0 Å². The van der Waals surface area contributed by atoms with Crippen molar-refractivity contribution in [1.29, 1.82) is 0 Å². The average molecular weight is 268 g/mol. The van der Waals surface area contributed by atoms with E-state index in [2.05, 4.69) is 22.9 Å². The molecule has 2 aliphatic heterocycles. The number of rotatable bonds is 3. The summed E-state index contributed by atoms with van der Waals surface area (Å²) in [7, 11) is 0. The predicted octanol–water partition coefficient (Wildman–Crippen LogP) is 0.170. The molecule has 0 radical (unpaired) electrons. The standard InChI is InChI=1S/C12H20N4O3/c1-2-3-6-13-11(19)16-7-4-12(5-8-16)9(17)14-10(18)15-12/h2-8H2,1H3,(H,13,19)(H2,14,15,17,18). The fourth-order valence-corrected chi connectivity index (χ4v) is 2.46. The lowest BCUT2D eigenvalue weighted by molar-refractivity contribution is -0.125. The van der Waals surface area contributed by atoms with Crippen molar-refractivity contribution < 1.29 is 14.4 Å². The summed E-state index contributed by atoms with van der Waals surface area (Å²) in [6.07, 6.45) is 2.93. The summed E-state index contributed by atoms with van der Waals surface area (Å²) in [5.41, 5.74) is -0.808. The van der Waals surface area contributed by atoms with Crippen LogP contribution in [0.15, 0.2) is 0 Å². The van der Waals surface area contributed by atoms with Crippen molar-refractivity contribution in [3.63, 3.8) is 0 Å². The minimum atomic E-state index is -0.808. The highest BCUT2D eigenvalue weighted by Crippen LogP contribution is 2.25. The van der Waals surface area contributed by atoms with E-state index >= 15 is 0 Å². The van der Waals surface area contributed by atoms with E-state index in [4.69, 9.17) is 0 Å². The largest absolute Gasteiger partial charge is 0.338 e. The molecule has 0 aromatic rings. The number of carbonyl (C=O) groups is 3. The minimum Gasteiger partial charge on any atom is -0.338 e. The summed E-state index contributed by atoms with van der Waals surface area (Å²) >= 11 is 0. The summed E-state index contributed by atoms with van der Waals surface area (Å²) in [6, 6.07) is -0.529. The number of likely N-dealkylation sites (tertiary alicyclic amines) is 1. The van der Waals surface area contributed by atoms with Gasteiger partial charge in [0, 0.05) is 19.6 Å². The van der Waals surface area contributed by atoms with Crippen molar-refractivity contribution in [3.8, 4) is 0 Å². The number of hydrogen-bond acceptors (Lipinski definition) is 3. The highest BCUT2D eigenvalue weighted by molar-refractivity contribution is 6.07. The molecule has 19 heavy (non-hydrogen) atoms. The van der Waals surface area contributed by atoms with Crippen molar-refractivity contribution >= 4 is 18.0 Å². The molecule has 0 aliphatic carbocycles.